The molecule has 0 aliphatic carbocycles. The highest BCUT2D eigenvalue weighted by atomic mass is 32.1. The van der Waals surface area contributed by atoms with Crippen LogP contribution in [0, 0.1) is 11.3 Å². The Labute approximate surface area is 94.5 Å². The molecule has 80 valence electrons. The van der Waals surface area contributed by atoms with E-state index in [9.17, 15) is 0 Å². The van der Waals surface area contributed by atoms with E-state index in [1.54, 1.807) is 5.38 Å². The first-order chi connectivity index (χ1) is 7.69. The lowest BCUT2D eigenvalue weighted by molar-refractivity contribution is 1.23. The lowest BCUT2D eigenvalue weighted by Gasteiger charge is -1.88. The molecule has 0 bridgehead atoms. The average Bonchev–Trinajstić information content (AvgIpc) is 2.83. The molecule has 2 heterocycles. The number of aromatic amines is 1. The summed E-state index contributed by atoms with van der Waals surface area (Å²) in [4.78, 5) is 14.8. The van der Waals surface area contributed by atoms with Gasteiger partial charge < -0.3 is 16.5 Å². The van der Waals surface area contributed by atoms with E-state index in [2.05, 4.69) is 19.9 Å². The molecule has 0 radical (unpaired) electrons. The monoisotopic (exact) mass is 233 g/mol. The van der Waals surface area contributed by atoms with E-state index in [1.165, 1.54) is 17.5 Å². The topological polar surface area (TPSA) is 130 Å². The Morgan fingerprint density at radius 1 is 1.56 bits per heavy atom. The predicted molar refractivity (Wildman–Crippen MR) is 59.9 cm³/mol. The van der Waals surface area contributed by atoms with Crippen molar-refractivity contribution in [1.29, 1.82) is 5.26 Å². The van der Waals surface area contributed by atoms with Crippen LogP contribution in [0.4, 0.5) is 5.13 Å². The number of hydrogen-bond acceptors (Lipinski definition) is 5. The fraction of sp³-hybridized carbons (Fsp3) is 0. The van der Waals surface area contributed by atoms with E-state index in [4.69, 9.17) is 16.7 Å². The van der Waals surface area contributed by atoms with Crippen LogP contribution in [0.2, 0.25) is 0 Å². The van der Waals surface area contributed by atoms with Gasteiger partial charge in [0.25, 0.3) is 0 Å². The number of guanidine groups is 1. The van der Waals surface area contributed by atoms with Gasteiger partial charge in [0.15, 0.2) is 11.8 Å². The summed E-state index contributed by atoms with van der Waals surface area (Å²) in [5.41, 5.74) is 11.4. The summed E-state index contributed by atoms with van der Waals surface area (Å²) in [5, 5.41) is 10.8. The van der Waals surface area contributed by atoms with Crippen LogP contribution in [0.15, 0.2) is 16.6 Å². The van der Waals surface area contributed by atoms with Gasteiger partial charge in [-0.05, 0) is 0 Å². The summed E-state index contributed by atoms with van der Waals surface area (Å²) >= 11 is 1.29. The normalized spacial score (nSPS) is 9.69. The molecule has 5 N–H and O–H groups in total. The maximum Gasteiger partial charge on any atom is 0.212 e. The molecule has 16 heavy (non-hydrogen) atoms. The Bertz CT molecular complexity index is 569. The molecule has 0 saturated heterocycles. The molecule has 2 rings (SSSR count). The summed E-state index contributed by atoms with van der Waals surface area (Å²) in [5.74, 6) is 0.475. The Hall–Kier alpha value is -2.40. The largest absolute Gasteiger partial charge is 0.370 e. The van der Waals surface area contributed by atoms with Crippen molar-refractivity contribution in [3.63, 3.8) is 0 Å². The van der Waals surface area contributed by atoms with E-state index in [-0.39, 0.29) is 5.96 Å². The third-order valence-electron chi connectivity index (χ3n) is 1.66. The molecule has 0 unspecified atom stereocenters. The van der Waals surface area contributed by atoms with Crippen molar-refractivity contribution in [3.8, 4) is 17.6 Å². The Balaban J connectivity index is 2.32. The summed E-state index contributed by atoms with van der Waals surface area (Å²) in [6.45, 7) is 0. The fourth-order valence-electron chi connectivity index (χ4n) is 1.04. The van der Waals surface area contributed by atoms with Crippen LogP contribution in [-0.2, 0) is 0 Å². The van der Waals surface area contributed by atoms with Crippen LogP contribution in [0.3, 0.4) is 0 Å². The minimum atomic E-state index is -0.0435. The molecular weight excluding hydrogens is 226 g/mol. The molecule has 0 atom stereocenters. The number of H-pyrrole nitrogens is 1. The van der Waals surface area contributed by atoms with Crippen LogP contribution >= 0.6 is 11.3 Å². The molecule has 2 aromatic rings. The van der Waals surface area contributed by atoms with Crippen molar-refractivity contribution in [1.82, 2.24) is 15.0 Å². The SMILES string of the molecule is N#Cc1cnc(-c2csc(N=C(N)N)n2)[nH]1. The van der Waals surface area contributed by atoms with Crippen molar-refractivity contribution in [3.05, 3.63) is 17.3 Å². The number of hydrogen-bond donors (Lipinski definition) is 3. The van der Waals surface area contributed by atoms with Gasteiger partial charge in [-0.25, -0.2) is 9.97 Å². The molecule has 0 spiro atoms. The Kier molecular flexibility index (Phi) is 2.53. The van der Waals surface area contributed by atoms with E-state index >= 15 is 0 Å². The molecule has 0 fully saturated rings. The second-order valence-electron chi connectivity index (χ2n) is 2.81. The smallest absolute Gasteiger partial charge is 0.212 e. The standard InChI is InChI=1S/C8H7N7S/c9-1-4-2-12-6(13-4)5-3-16-8(14-5)15-7(10)11/h2-3H,(H,12,13)(H4,10,11,14,15). The molecule has 0 aliphatic rings. The number of aliphatic imine (C=N–C) groups is 1. The predicted octanol–water partition coefficient (Wildman–Crippen LogP) is 0.310. The molecule has 8 heteroatoms. The molecule has 2 aromatic heterocycles. The number of nitrogens with zero attached hydrogens (tertiary/aromatic N) is 4. The third kappa shape index (κ3) is 1.99. The van der Waals surface area contributed by atoms with Crippen molar-refractivity contribution >= 4 is 22.4 Å². The van der Waals surface area contributed by atoms with Gasteiger partial charge in [-0.15, -0.1) is 11.3 Å². The second-order valence-corrected chi connectivity index (χ2v) is 3.65. The zero-order valence-electron chi connectivity index (χ0n) is 8.01. The number of nitrogens with one attached hydrogen (secondary N) is 1. The third-order valence-corrected chi connectivity index (χ3v) is 2.39. The molecular formula is C8H7N7S. The van der Waals surface area contributed by atoms with E-state index in [0.29, 0.717) is 22.3 Å². The number of imidazole rings is 1. The van der Waals surface area contributed by atoms with Crippen LogP contribution in [0.5, 0.6) is 0 Å². The fourth-order valence-corrected chi connectivity index (χ4v) is 1.73. The van der Waals surface area contributed by atoms with Gasteiger partial charge in [0, 0.05) is 5.38 Å². The summed E-state index contributed by atoms with van der Waals surface area (Å²) in [7, 11) is 0. The molecule has 0 aliphatic heterocycles. The zero-order chi connectivity index (χ0) is 11.5. The van der Waals surface area contributed by atoms with Gasteiger partial charge >= 0.3 is 0 Å². The molecule has 0 amide bonds. The van der Waals surface area contributed by atoms with Gasteiger partial charge in [0.2, 0.25) is 5.13 Å². The van der Waals surface area contributed by atoms with E-state index < -0.39 is 0 Å². The highest BCUT2D eigenvalue weighted by Crippen LogP contribution is 2.24. The highest BCUT2D eigenvalue weighted by molar-refractivity contribution is 7.13. The number of aromatic nitrogens is 3. The number of nitrogens with two attached hydrogens (primary N) is 2. The number of rotatable bonds is 2. The molecule has 7 nitrogen and oxygen atoms in total. The molecule has 0 aromatic carbocycles. The first-order valence-electron chi connectivity index (χ1n) is 4.19. The van der Waals surface area contributed by atoms with Crippen molar-refractivity contribution in [2.24, 2.45) is 16.5 Å². The molecule has 0 saturated carbocycles. The minimum Gasteiger partial charge on any atom is -0.370 e. The van der Waals surface area contributed by atoms with E-state index in [1.807, 2.05) is 6.07 Å². The summed E-state index contributed by atoms with van der Waals surface area (Å²) < 4.78 is 0. The van der Waals surface area contributed by atoms with Gasteiger partial charge in [-0.2, -0.15) is 10.3 Å². The van der Waals surface area contributed by atoms with Gasteiger partial charge in [-0.3, -0.25) is 0 Å². The Morgan fingerprint density at radius 3 is 3.00 bits per heavy atom. The van der Waals surface area contributed by atoms with Crippen molar-refractivity contribution in [2.45, 2.75) is 0 Å². The average molecular weight is 233 g/mol. The quantitative estimate of drug-likeness (QED) is 0.507. The maximum atomic E-state index is 8.63. The van der Waals surface area contributed by atoms with Crippen LogP contribution in [0.25, 0.3) is 11.5 Å². The van der Waals surface area contributed by atoms with Crippen molar-refractivity contribution < 1.29 is 0 Å². The zero-order valence-corrected chi connectivity index (χ0v) is 8.82. The summed E-state index contributed by atoms with van der Waals surface area (Å²) in [6.07, 6.45) is 1.44. The lowest BCUT2D eigenvalue weighted by Crippen LogP contribution is -2.21. The van der Waals surface area contributed by atoms with Crippen LogP contribution in [0.1, 0.15) is 5.69 Å². The second kappa shape index (κ2) is 4.00. The number of thiazole rings is 1. The van der Waals surface area contributed by atoms with E-state index in [0.717, 1.165) is 0 Å². The van der Waals surface area contributed by atoms with Gasteiger partial charge in [-0.1, -0.05) is 0 Å². The first-order valence-corrected chi connectivity index (χ1v) is 5.07. The number of nitriles is 1. The van der Waals surface area contributed by atoms with Gasteiger partial charge in [0.1, 0.15) is 17.5 Å². The lowest BCUT2D eigenvalue weighted by atomic mass is 10.5. The first kappa shape index (κ1) is 10.1. The van der Waals surface area contributed by atoms with Crippen LogP contribution < -0.4 is 11.5 Å². The Morgan fingerprint density at radius 2 is 2.38 bits per heavy atom. The van der Waals surface area contributed by atoms with Crippen LogP contribution in [-0.4, -0.2) is 20.9 Å². The minimum absolute atomic E-state index is 0.0435. The highest BCUT2D eigenvalue weighted by Gasteiger charge is 2.07. The summed E-state index contributed by atoms with van der Waals surface area (Å²) in [6, 6.07) is 1.95. The maximum absolute atomic E-state index is 8.63. The van der Waals surface area contributed by atoms with Gasteiger partial charge in [0.05, 0.1) is 6.20 Å². The van der Waals surface area contributed by atoms with Crippen molar-refractivity contribution in [2.75, 3.05) is 0 Å².